The van der Waals surface area contributed by atoms with E-state index in [9.17, 15) is 4.79 Å². The van der Waals surface area contributed by atoms with E-state index in [1.54, 1.807) is 18.1 Å². The van der Waals surface area contributed by atoms with Gasteiger partial charge in [0, 0.05) is 44.9 Å². The van der Waals surface area contributed by atoms with E-state index >= 15 is 0 Å². The predicted octanol–water partition coefficient (Wildman–Crippen LogP) is 2.26. The Morgan fingerprint density at radius 2 is 1.77 bits per heavy atom. The minimum Gasteiger partial charge on any atom is -0.497 e. The summed E-state index contributed by atoms with van der Waals surface area (Å²) in [6.45, 7) is 4.85. The number of nitrogens with zero attached hydrogens (tertiary/aromatic N) is 6. The van der Waals surface area contributed by atoms with Gasteiger partial charge in [-0.1, -0.05) is 12.1 Å². The van der Waals surface area contributed by atoms with Gasteiger partial charge in [0.15, 0.2) is 5.82 Å². The van der Waals surface area contributed by atoms with Gasteiger partial charge in [-0.15, -0.1) is 0 Å². The molecule has 1 amide bonds. The Bertz CT molecular complexity index is 993. The molecule has 0 N–H and O–H groups in total. The number of benzene rings is 1. The van der Waals surface area contributed by atoms with Crippen LogP contribution in [0.5, 0.6) is 5.75 Å². The van der Waals surface area contributed by atoms with Crippen molar-refractivity contribution in [2.24, 2.45) is 0 Å². The van der Waals surface area contributed by atoms with E-state index in [-0.39, 0.29) is 5.91 Å². The number of hydrogen-bond donors (Lipinski definition) is 0. The highest BCUT2D eigenvalue weighted by atomic mass is 16.5. The Hall–Kier alpha value is -3.42. The molecule has 8 nitrogen and oxygen atoms in total. The monoisotopic (exact) mass is 406 g/mol. The fourth-order valence-corrected chi connectivity index (χ4v) is 3.56. The van der Waals surface area contributed by atoms with Crippen molar-refractivity contribution in [1.29, 1.82) is 0 Å². The smallest absolute Gasteiger partial charge is 0.223 e. The molecule has 1 aliphatic rings. The third kappa shape index (κ3) is 4.59. The number of ether oxygens (including phenoxy) is 1. The molecule has 1 aromatic carbocycles. The molecule has 1 saturated heterocycles. The Balaban J connectivity index is 1.30. The molecule has 0 saturated carbocycles. The molecule has 30 heavy (non-hydrogen) atoms. The maximum Gasteiger partial charge on any atom is 0.223 e. The highest BCUT2D eigenvalue weighted by molar-refractivity contribution is 5.76. The third-order valence-corrected chi connectivity index (χ3v) is 5.34. The molecule has 0 unspecified atom stereocenters. The number of aryl methyl sites for hydroxylation is 2. The van der Waals surface area contributed by atoms with Gasteiger partial charge in [-0.2, -0.15) is 5.10 Å². The molecule has 1 aliphatic heterocycles. The lowest BCUT2D eigenvalue weighted by Gasteiger charge is -2.35. The zero-order chi connectivity index (χ0) is 20.9. The van der Waals surface area contributed by atoms with E-state index in [2.05, 4.69) is 20.0 Å². The van der Waals surface area contributed by atoms with Gasteiger partial charge in [0.25, 0.3) is 0 Å². The van der Waals surface area contributed by atoms with Gasteiger partial charge in [-0.25, -0.2) is 14.6 Å². The van der Waals surface area contributed by atoms with Crippen LogP contribution < -0.4 is 9.64 Å². The van der Waals surface area contributed by atoms with Gasteiger partial charge in [0.2, 0.25) is 5.91 Å². The van der Waals surface area contributed by atoms with E-state index in [0.29, 0.717) is 19.5 Å². The molecule has 0 radical (unpaired) electrons. The number of carbonyl (C=O) groups is 1. The molecule has 0 bridgehead atoms. The molecule has 0 aliphatic carbocycles. The van der Waals surface area contributed by atoms with Crippen LogP contribution in [0.1, 0.15) is 17.7 Å². The molecule has 1 fully saturated rings. The predicted molar refractivity (Wildman–Crippen MR) is 114 cm³/mol. The quantitative estimate of drug-likeness (QED) is 0.625. The minimum atomic E-state index is 0.195. The largest absolute Gasteiger partial charge is 0.497 e. The average Bonchev–Trinajstić information content (AvgIpc) is 3.24. The maximum absolute atomic E-state index is 12.6. The highest BCUT2D eigenvalue weighted by Crippen LogP contribution is 2.17. The van der Waals surface area contributed by atoms with Crippen molar-refractivity contribution >= 4 is 11.7 Å². The Labute approximate surface area is 176 Å². The topological polar surface area (TPSA) is 76.4 Å². The maximum atomic E-state index is 12.6. The van der Waals surface area contributed by atoms with Crippen LogP contribution in [0, 0.1) is 6.92 Å². The zero-order valence-electron chi connectivity index (χ0n) is 17.4. The summed E-state index contributed by atoms with van der Waals surface area (Å²) in [5.41, 5.74) is 2.09. The van der Waals surface area contributed by atoms with E-state index in [1.165, 1.54) is 0 Å². The second-order valence-electron chi connectivity index (χ2n) is 7.35. The molecule has 3 aromatic rings. The number of aromatic nitrogens is 4. The van der Waals surface area contributed by atoms with E-state index in [4.69, 9.17) is 4.74 Å². The van der Waals surface area contributed by atoms with Crippen molar-refractivity contribution in [3.05, 3.63) is 60.2 Å². The van der Waals surface area contributed by atoms with Crippen LogP contribution in [0.15, 0.2) is 48.9 Å². The summed E-state index contributed by atoms with van der Waals surface area (Å²) < 4.78 is 6.93. The van der Waals surface area contributed by atoms with Gasteiger partial charge >= 0.3 is 0 Å². The standard InChI is InChI=1S/C22H26N6O2/c1-17-9-10-28(25-17)21-15-20(23-16-24-21)26-11-13-27(14-12-26)22(29)8-5-18-3-6-19(30-2)7-4-18/h3-4,6-7,9-10,15-16H,5,8,11-14H2,1-2H3. The first-order chi connectivity index (χ1) is 14.6. The fourth-order valence-electron chi connectivity index (χ4n) is 3.56. The van der Waals surface area contributed by atoms with E-state index < -0.39 is 0 Å². The molecule has 4 rings (SSSR count). The van der Waals surface area contributed by atoms with Gasteiger partial charge < -0.3 is 14.5 Å². The second kappa shape index (κ2) is 8.94. The van der Waals surface area contributed by atoms with Crippen molar-refractivity contribution in [1.82, 2.24) is 24.6 Å². The Kier molecular flexibility index (Phi) is 5.92. The minimum absolute atomic E-state index is 0.195. The number of amides is 1. The molecule has 156 valence electrons. The highest BCUT2D eigenvalue weighted by Gasteiger charge is 2.22. The van der Waals surface area contributed by atoms with Crippen molar-refractivity contribution in [3.63, 3.8) is 0 Å². The molecule has 8 heteroatoms. The van der Waals surface area contributed by atoms with Crippen LogP contribution in [0.4, 0.5) is 5.82 Å². The number of piperazine rings is 1. The number of rotatable bonds is 6. The first-order valence-corrected chi connectivity index (χ1v) is 10.1. The van der Waals surface area contributed by atoms with Crippen molar-refractivity contribution < 1.29 is 9.53 Å². The molecule has 0 atom stereocenters. The molecular formula is C22H26N6O2. The van der Waals surface area contributed by atoms with Crippen LogP contribution in [0.25, 0.3) is 5.82 Å². The van der Waals surface area contributed by atoms with Crippen LogP contribution >= 0.6 is 0 Å². The van der Waals surface area contributed by atoms with Crippen LogP contribution in [-0.2, 0) is 11.2 Å². The number of hydrogen-bond acceptors (Lipinski definition) is 6. The Morgan fingerprint density at radius 3 is 2.43 bits per heavy atom. The SMILES string of the molecule is COc1ccc(CCC(=O)N2CCN(c3cc(-n4ccc(C)n4)ncn3)CC2)cc1. The van der Waals surface area contributed by atoms with Crippen molar-refractivity contribution in [2.75, 3.05) is 38.2 Å². The van der Waals surface area contributed by atoms with Gasteiger partial charge in [0.05, 0.1) is 12.8 Å². The van der Waals surface area contributed by atoms with Gasteiger partial charge in [-0.05, 0) is 37.1 Å². The van der Waals surface area contributed by atoms with Crippen LogP contribution in [-0.4, -0.2) is 63.8 Å². The second-order valence-corrected chi connectivity index (χ2v) is 7.35. The molecule has 0 spiro atoms. The summed E-state index contributed by atoms with van der Waals surface area (Å²) in [6, 6.07) is 11.8. The lowest BCUT2D eigenvalue weighted by atomic mass is 10.1. The van der Waals surface area contributed by atoms with E-state index in [0.717, 1.165) is 48.2 Å². The summed E-state index contributed by atoms with van der Waals surface area (Å²) in [5.74, 6) is 2.63. The molecule has 3 heterocycles. The summed E-state index contributed by atoms with van der Waals surface area (Å²) >= 11 is 0. The normalized spacial score (nSPS) is 14.1. The van der Waals surface area contributed by atoms with Crippen LogP contribution in [0.3, 0.4) is 0 Å². The van der Waals surface area contributed by atoms with Crippen molar-refractivity contribution in [2.45, 2.75) is 19.8 Å². The summed E-state index contributed by atoms with van der Waals surface area (Å²) in [7, 11) is 1.65. The molecular weight excluding hydrogens is 380 g/mol. The first kappa shape index (κ1) is 19.9. The fraction of sp³-hybridized carbons (Fsp3) is 0.364. The Morgan fingerprint density at radius 1 is 1.03 bits per heavy atom. The van der Waals surface area contributed by atoms with Crippen LogP contribution in [0.2, 0.25) is 0 Å². The van der Waals surface area contributed by atoms with E-state index in [1.807, 2.05) is 54.4 Å². The summed E-state index contributed by atoms with van der Waals surface area (Å²) in [6.07, 6.45) is 4.71. The number of carbonyl (C=O) groups excluding carboxylic acids is 1. The van der Waals surface area contributed by atoms with Gasteiger partial charge in [0.1, 0.15) is 17.9 Å². The summed E-state index contributed by atoms with van der Waals surface area (Å²) in [4.78, 5) is 25.5. The summed E-state index contributed by atoms with van der Waals surface area (Å²) in [5, 5.41) is 4.41. The van der Waals surface area contributed by atoms with Crippen molar-refractivity contribution in [3.8, 4) is 11.6 Å². The molecule has 2 aromatic heterocycles. The third-order valence-electron chi connectivity index (χ3n) is 5.34. The van der Waals surface area contributed by atoms with Gasteiger partial charge in [-0.3, -0.25) is 4.79 Å². The lowest BCUT2D eigenvalue weighted by molar-refractivity contribution is -0.131. The first-order valence-electron chi connectivity index (χ1n) is 10.1. The lowest BCUT2D eigenvalue weighted by Crippen LogP contribution is -2.49. The zero-order valence-corrected chi connectivity index (χ0v) is 17.4. The number of methoxy groups -OCH3 is 1. The number of anilines is 1. The average molecular weight is 406 g/mol.